The van der Waals surface area contributed by atoms with Gasteiger partial charge in [0.1, 0.15) is 0 Å². The molecular weight excluding hydrogens is 290 g/mol. The Morgan fingerprint density at radius 3 is 2.20 bits per heavy atom. The molecule has 0 aromatic carbocycles. The summed E-state index contributed by atoms with van der Waals surface area (Å²) in [6.45, 7) is 0. The molecule has 86 valence electrons. The van der Waals surface area contributed by atoms with E-state index in [-0.39, 0.29) is 0 Å². The summed E-state index contributed by atoms with van der Waals surface area (Å²) in [6, 6.07) is 0. The molecule has 0 aliphatic heterocycles. The lowest BCUT2D eigenvalue weighted by Crippen LogP contribution is -2.10. The standard InChI is InChI=1S/C3H3BrN2O3S.C3H7NO/c4-3-1-5-6(2-3)10(7,8)9;1-4(2)3-5/h1-2H,(H,7,8,9);3H,1-2H3. The number of hydrogen-bond acceptors (Lipinski definition) is 4. The molecule has 0 fully saturated rings. The third-order valence-electron chi connectivity index (χ3n) is 0.976. The van der Waals surface area contributed by atoms with Crippen LogP contribution in [0.25, 0.3) is 0 Å². The van der Waals surface area contributed by atoms with Crippen LogP contribution in [0, 0.1) is 0 Å². The quantitative estimate of drug-likeness (QED) is 0.613. The van der Waals surface area contributed by atoms with Gasteiger partial charge in [-0.15, -0.1) is 4.09 Å². The van der Waals surface area contributed by atoms with Gasteiger partial charge < -0.3 is 4.90 Å². The van der Waals surface area contributed by atoms with Crippen LogP contribution >= 0.6 is 15.9 Å². The smallest absolute Gasteiger partial charge is 0.351 e. The molecular formula is C6H10BrN3O4S. The van der Waals surface area contributed by atoms with Gasteiger partial charge in [0.15, 0.2) is 0 Å². The van der Waals surface area contributed by atoms with E-state index in [9.17, 15) is 13.2 Å². The van der Waals surface area contributed by atoms with Crippen molar-refractivity contribution in [2.24, 2.45) is 0 Å². The Morgan fingerprint density at radius 1 is 1.60 bits per heavy atom. The monoisotopic (exact) mass is 299 g/mol. The van der Waals surface area contributed by atoms with Crippen LogP contribution in [-0.2, 0) is 15.1 Å². The maximum atomic E-state index is 10.3. The van der Waals surface area contributed by atoms with Crippen LogP contribution in [0.2, 0.25) is 0 Å². The van der Waals surface area contributed by atoms with Gasteiger partial charge in [0.05, 0.1) is 16.9 Å². The maximum absolute atomic E-state index is 10.3. The fourth-order valence-electron chi connectivity index (χ4n) is 0.410. The van der Waals surface area contributed by atoms with Crippen molar-refractivity contribution in [1.29, 1.82) is 0 Å². The first-order valence-corrected chi connectivity index (χ1v) is 5.76. The minimum atomic E-state index is -4.21. The summed E-state index contributed by atoms with van der Waals surface area (Å²) in [5.41, 5.74) is 0. The first-order valence-electron chi connectivity index (χ1n) is 3.57. The van der Waals surface area contributed by atoms with Gasteiger partial charge in [-0.25, -0.2) is 0 Å². The van der Waals surface area contributed by atoms with Crippen LogP contribution < -0.4 is 0 Å². The molecule has 0 aliphatic rings. The van der Waals surface area contributed by atoms with Crippen molar-refractivity contribution in [2.75, 3.05) is 14.1 Å². The highest BCUT2D eigenvalue weighted by Gasteiger charge is 2.07. The van der Waals surface area contributed by atoms with E-state index in [1.165, 1.54) is 11.1 Å². The second kappa shape index (κ2) is 5.83. The molecule has 1 N–H and O–H groups in total. The van der Waals surface area contributed by atoms with E-state index >= 15 is 0 Å². The topological polar surface area (TPSA) is 92.5 Å². The minimum Gasteiger partial charge on any atom is -0.351 e. The zero-order valence-electron chi connectivity index (χ0n) is 8.03. The van der Waals surface area contributed by atoms with E-state index in [2.05, 4.69) is 21.0 Å². The lowest BCUT2D eigenvalue weighted by Gasteiger charge is -1.93. The maximum Gasteiger partial charge on any atom is 0.379 e. The molecule has 9 heteroatoms. The zero-order valence-corrected chi connectivity index (χ0v) is 10.4. The molecule has 0 atom stereocenters. The number of hydrogen-bond donors (Lipinski definition) is 1. The number of rotatable bonds is 2. The first kappa shape index (κ1) is 14.1. The van der Waals surface area contributed by atoms with Crippen molar-refractivity contribution in [3.8, 4) is 0 Å². The van der Waals surface area contributed by atoms with E-state index < -0.39 is 10.3 Å². The van der Waals surface area contributed by atoms with Gasteiger partial charge in [-0.2, -0.15) is 13.5 Å². The Bertz CT molecular complexity index is 414. The van der Waals surface area contributed by atoms with Crippen molar-refractivity contribution in [3.63, 3.8) is 0 Å². The van der Waals surface area contributed by atoms with Crippen LogP contribution in [0.3, 0.4) is 0 Å². The van der Waals surface area contributed by atoms with Crippen LogP contribution in [0.5, 0.6) is 0 Å². The molecule has 0 radical (unpaired) electrons. The number of nitrogens with zero attached hydrogens (tertiary/aromatic N) is 3. The summed E-state index contributed by atoms with van der Waals surface area (Å²) < 4.78 is 29.9. The van der Waals surface area contributed by atoms with E-state index in [1.54, 1.807) is 14.1 Å². The fourth-order valence-corrected chi connectivity index (χ4v) is 1.24. The number of amides is 1. The van der Waals surface area contributed by atoms with Crippen LogP contribution in [0.1, 0.15) is 0 Å². The van der Waals surface area contributed by atoms with Crippen LogP contribution in [0.15, 0.2) is 16.9 Å². The Morgan fingerprint density at radius 2 is 2.07 bits per heavy atom. The van der Waals surface area contributed by atoms with E-state index in [1.807, 2.05) is 0 Å². The SMILES string of the molecule is CN(C)C=O.O=S(=O)(O)n1cc(Br)cn1. The highest BCUT2D eigenvalue weighted by molar-refractivity contribution is 9.10. The van der Waals surface area contributed by atoms with Gasteiger partial charge in [0, 0.05) is 14.1 Å². The summed E-state index contributed by atoms with van der Waals surface area (Å²) in [4.78, 5) is 10.9. The van der Waals surface area contributed by atoms with Gasteiger partial charge in [0.25, 0.3) is 0 Å². The Hall–Kier alpha value is -0.930. The molecule has 0 unspecified atom stereocenters. The summed E-state index contributed by atoms with van der Waals surface area (Å²) in [7, 11) is -0.831. The Balaban J connectivity index is 0.000000336. The molecule has 1 rings (SSSR count). The highest BCUT2D eigenvalue weighted by atomic mass is 79.9. The lowest BCUT2D eigenvalue weighted by atomic mass is 10.8. The molecule has 7 nitrogen and oxygen atoms in total. The molecule has 1 amide bonds. The molecule has 1 aromatic heterocycles. The zero-order chi connectivity index (χ0) is 12.1. The van der Waals surface area contributed by atoms with Gasteiger partial charge in [0.2, 0.25) is 6.41 Å². The third kappa shape index (κ3) is 6.20. The molecule has 0 aliphatic carbocycles. The molecule has 0 bridgehead atoms. The molecule has 15 heavy (non-hydrogen) atoms. The van der Waals surface area contributed by atoms with Gasteiger partial charge in [-0.3, -0.25) is 9.35 Å². The first-order chi connectivity index (χ1) is 6.77. The largest absolute Gasteiger partial charge is 0.379 e. The Labute approximate surface area is 95.7 Å². The van der Waals surface area contributed by atoms with Crippen molar-refractivity contribution >= 4 is 32.6 Å². The third-order valence-corrected chi connectivity index (χ3v) is 2.06. The normalized spacial score (nSPS) is 10.1. The minimum absolute atomic E-state index is 0.455. The summed E-state index contributed by atoms with van der Waals surface area (Å²) >= 11 is 2.97. The summed E-state index contributed by atoms with van der Waals surface area (Å²) in [5, 5.41) is 3.32. The average Bonchev–Trinajstić information content (AvgIpc) is 2.52. The van der Waals surface area contributed by atoms with Gasteiger partial charge >= 0.3 is 10.3 Å². The summed E-state index contributed by atoms with van der Waals surface area (Å²) in [5.74, 6) is 0. The molecule has 0 spiro atoms. The number of carbonyl (C=O) groups excluding carboxylic acids is 1. The predicted octanol–water partition coefficient (Wildman–Crippen LogP) is 0.000900. The van der Waals surface area contributed by atoms with Gasteiger partial charge in [-0.1, -0.05) is 0 Å². The van der Waals surface area contributed by atoms with Crippen molar-refractivity contribution in [3.05, 3.63) is 16.9 Å². The summed E-state index contributed by atoms with van der Waals surface area (Å²) in [6.07, 6.45) is 3.14. The van der Waals surface area contributed by atoms with Crippen molar-refractivity contribution in [2.45, 2.75) is 0 Å². The highest BCUT2D eigenvalue weighted by Crippen LogP contribution is 2.06. The van der Waals surface area contributed by atoms with E-state index in [0.717, 1.165) is 12.6 Å². The molecule has 1 heterocycles. The predicted molar refractivity (Wildman–Crippen MR) is 56.6 cm³/mol. The van der Waals surface area contributed by atoms with Gasteiger partial charge in [-0.05, 0) is 15.9 Å². The molecule has 1 aromatic rings. The van der Waals surface area contributed by atoms with Crippen LogP contribution in [-0.4, -0.2) is 47.6 Å². The van der Waals surface area contributed by atoms with Crippen molar-refractivity contribution in [1.82, 2.24) is 14.1 Å². The van der Waals surface area contributed by atoms with E-state index in [0.29, 0.717) is 8.56 Å². The van der Waals surface area contributed by atoms with Crippen LogP contribution in [0.4, 0.5) is 0 Å². The lowest BCUT2D eigenvalue weighted by molar-refractivity contribution is -0.115. The number of halogens is 1. The average molecular weight is 300 g/mol. The molecule has 0 saturated heterocycles. The van der Waals surface area contributed by atoms with E-state index in [4.69, 9.17) is 4.55 Å². The number of aromatic nitrogens is 2. The van der Waals surface area contributed by atoms with Crippen molar-refractivity contribution < 1.29 is 17.8 Å². The number of carbonyl (C=O) groups is 1. The fraction of sp³-hybridized carbons (Fsp3) is 0.333. The second-order valence-corrected chi connectivity index (χ2v) is 4.76. The second-order valence-electron chi connectivity index (χ2n) is 2.58. The molecule has 0 saturated carbocycles. The Kier molecular flexibility index (Phi) is 5.47.